The summed E-state index contributed by atoms with van der Waals surface area (Å²) in [6.07, 6.45) is 1.76. The van der Waals surface area contributed by atoms with E-state index in [1.165, 1.54) is 0 Å². The Morgan fingerprint density at radius 2 is 2.23 bits per heavy atom. The van der Waals surface area contributed by atoms with Crippen LogP contribution in [0.1, 0.15) is 39.3 Å². The van der Waals surface area contributed by atoms with Gasteiger partial charge in [-0.15, -0.1) is 5.10 Å². The zero-order chi connectivity index (χ0) is 16.2. The quantitative estimate of drug-likeness (QED) is 0.921. The monoisotopic (exact) mass is 326 g/mol. The molecule has 1 atom stereocenters. The highest BCUT2D eigenvalue weighted by Crippen LogP contribution is 2.20. The molecule has 0 radical (unpaired) electrons. The van der Waals surface area contributed by atoms with Gasteiger partial charge in [-0.3, -0.25) is 0 Å². The Hall–Kier alpha value is -1.40. The molecule has 1 aromatic rings. The van der Waals surface area contributed by atoms with E-state index in [1.54, 1.807) is 6.07 Å². The van der Waals surface area contributed by atoms with Crippen molar-refractivity contribution in [2.75, 3.05) is 13.1 Å². The number of carbonyl (C=O) groups is 1. The van der Waals surface area contributed by atoms with E-state index in [2.05, 4.69) is 15.5 Å². The van der Waals surface area contributed by atoms with Gasteiger partial charge in [-0.2, -0.15) is 5.10 Å². The molecule has 0 spiro atoms. The van der Waals surface area contributed by atoms with Crippen molar-refractivity contribution in [2.45, 2.75) is 51.8 Å². The molecule has 0 saturated carbocycles. The van der Waals surface area contributed by atoms with Crippen LogP contribution >= 0.6 is 11.6 Å². The van der Waals surface area contributed by atoms with Gasteiger partial charge in [-0.1, -0.05) is 11.6 Å². The van der Waals surface area contributed by atoms with Crippen LogP contribution in [0.5, 0.6) is 0 Å². The highest BCUT2D eigenvalue weighted by Gasteiger charge is 2.31. The van der Waals surface area contributed by atoms with Crippen molar-refractivity contribution in [1.29, 1.82) is 0 Å². The van der Waals surface area contributed by atoms with Gasteiger partial charge in [0.15, 0.2) is 5.15 Å². The second-order valence-corrected chi connectivity index (χ2v) is 6.84. The third-order valence-electron chi connectivity index (χ3n) is 3.38. The molecule has 0 bridgehead atoms. The third-order valence-corrected chi connectivity index (χ3v) is 3.58. The molecule has 1 amide bonds. The van der Waals surface area contributed by atoms with E-state index in [0.717, 1.165) is 25.1 Å². The highest BCUT2D eigenvalue weighted by molar-refractivity contribution is 6.29. The predicted octanol–water partition coefficient (Wildman–Crippen LogP) is 2.62. The summed E-state index contributed by atoms with van der Waals surface area (Å²) in [6.45, 7) is 7.71. The Bertz CT molecular complexity index is 501. The molecular weight excluding hydrogens is 304 g/mol. The van der Waals surface area contributed by atoms with Gasteiger partial charge in [-0.05, 0) is 45.7 Å². The number of nitrogens with zero attached hydrogens (tertiary/aromatic N) is 3. The molecule has 1 aliphatic rings. The summed E-state index contributed by atoms with van der Waals surface area (Å²) < 4.78 is 5.45. The Morgan fingerprint density at radius 3 is 2.86 bits per heavy atom. The molecule has 0 unspecified atom stereocenters. The summed E-state index contributed by atoms with van der Waals surface area (Å²) in [5, 5.41) is 11.5. The summed E-state index contributed by atoms with van der Waals surface area (Å²) in [5.74, 6) is 0. The molecule has 7 heteroatoms. The maximum Gasteiger partial charge on any atom is 0.410 e. The molecule has 2 heterocycles. The molecular formula is C15H23ClN4O2. The smallest absolute Gasteiger partial charge is 0.410 e. The highest BCUT2D eigenvalue weighted by atomic mass is 35.5. The van der Waals surface area contributed by atoms with Crippen molar-refractivity contribution in [1.82, 2.24) is 20.4 Å². The summed E-state index contributed by atoms with van der Waals surface area (Å²) in [5.41, 5.74) is 0.363. The van der Waals surface area contributed by atoms with Gasteiger partial charge in [0.1, 0.15) is 5.60 Å². The largest absolute Gasteiger partial charge is 0.444 e. The lowest BCUT2D eigenvalue weighted by Gasteiger charge is -2.28. The molecule has 1 aliphatic heterocycles. The van der Waals surface area contributed by atoms with E-state index in [1.807, 2.05) is 31.7 Å². The second-order valence-electron chi connectivity index (χ2n) is 6.45. The summed E-state index contributed by atoms with van der Waals surface area (Å²) in [7, 11) is 0. The van der Waals surface area contributed by atoms with Crippen LogP contribution in [0.15, 0.2) is 12.1 Å². The average molecular weight is 327 g/mol. The minimum absolute atomic E-state index is 0.162. The number of hydrogen-bond acceptors (Lipinski definition) is 5. The molecule has 22 heavy (non-hydrogen) atoms. The standard InChI is InChI=1S/C15H23ClN4O2/c1-15(2,3)22-14(21)20-8-4-5-12(20)10-17-9-11-6-7-13(16)19-18-11/h6-7,12,17H,4-5,8-10H2,1-3H3/t12-/m0/s1. The van der Waals surface area contributed by atoms with Crippen LogP contribution in [-0.4, -0.2) is 45.9 Å². The number of carbonyl (C=O) groups excluding carboxylic acids is 1. The number of hydrogen-bond donors (Lipinski definition) is 1. The summed E-state index contributed by atoms with van der Waals surface area (Å²) >= 11 is 5.70. The second kappa shape index (κ2) is 7.24. The maximum atomic E-state index is 12.2. The van der Waals surface area contributed by atoms with Crippen molar-refractivity contribution in [3.05, 3.63) is 23.0 Å². The lowest BCUT2D eigenvalue weighted by Crippen LogP contribution is -2.44. The first-order valence-electron chi connectivity index (χ1n) is 7.53. The molecule has 1 aromatic heterocycles. The van der Waals surface area contributed by atoms with Crippen molar-refractivity contribution in [3.8, 4) is 0 Å². The number of nitrogens with one attached hydrogen (secondary N) is 1. The predicted molar refractivity (Wildman–Crippen MR) is 84.7 cm³/mol. The topological polar surface area (TPSA) is 67.3 Å². The van der Waals surface area contributed by atoms with Gasteiger partial charge in [0.05, 0.1) is 5.69 Å². The number of rotatable bonds is 4. The molecule has 0 aliphatic carbocycles. The van der Waals surface area contributed by atoms with Crippen molar-refractivity contribution in [2.24, 2.45) is 0 Å². The summed E-state index contributed by atoms with van der Waals surface area (Å²) in [4.78, 5) is 14.0. The van der Waals surface area contributed by atoms with Crippen LogP contribution in [0.4, 0.5) is 4.79 Å². The van der Waals surface area contributed by atoms with Crippen LogP contribution < -0.4 is 5.32 Å². The molecule has 2 rings (SSSR count). The number of amides is 1. The fraction of sp³-hybridized carbons (Fsp3) is 0.667. The Kier molecular flexibility index (Phi) is 5.58. The average Bonchev–Trinajstić information content (AvgIpc) is 2.88. The number of aromatic nitrogens is 2. The Morgan fingerprint density at radius 1 is 1.45 bits per heavy atom. The van der Waals surface area contributed by atoms with Crippen LogP contribution in [0.25, 0.3) is 0 Å². The van der Waals surface area contributed by atoms with E-state index in [9.17, 15) is 4.79 Å². The molecule has 6 nitrogen and oxygen atoms in total. The number of ether oxygens (including phenoxy) is 1. The van der Waals surface area contributed by atoms with Crippen LogP contribution in [-0.2, 0) is 11.3 Å². The molecule has 1 fully saturated rings. The number of halogens is 1. The van der Waals surface area contributed by atoms with Gasteiger partial charge in [0.25, 0.3) is 0 Å². The van der Waals surface area contributed by atoms with E-state index in [0.29, 0.717) is 18.2 Å². The lowest BCUT2D eigenvalue weighted by molar-refractivity contribution is 0.0226. The maximum absolute atomic E-state index is 12.2. The fourth-order valence-electron chi connectivity index (χ4n) is 2.41. The molecule has 0 aromatic carbocycles. The first-order chi connectivity index (χ1) is 10.3. The SMILES string of the molecule is CC(C)(C)OC(=O)N1CCC[C@H]1CNCc1ccc(Cl)nn1. The van der Waals surface area contributed by atoms with Crippen molar-refractivity contribution < 1.29 is 9.53 Å². The fourth-order valence-corrected chi connectivity index (χ4v) is 2.51. The van der Waals surface area contributed by atoms with Crippen LogP contribution in [0, 0.1) is 0 Å². The van der Waals surface area contributed by atoms with E-state index < -0.39 is 5.60 Å². The molecule has 1 N–H and O–H groups in total. The van der Waals surface area contributed by atoms with Gasteiger partial charge < -0.3 is 15.0 Å². The van der Waals surface area contributed by atoms with Crippen molar-refractivity contribution >= 4 is 17.7 Å². The minimum Gasteiger partial charge on any atom is -0.444 e. The van der Waals surface area contributed by atoms with Gasteiger partial charge in [-0.25, -0.2) is 4.79 Å². The van der Waals surface area contributed by atoms with E-state index in [-0.39, 0.29) is 12.1 Å². The van der Waals surface area contributed by atoms with E-state index >= 15 is 0 Å². The van der Waals surface area contributed by atoms with Crippen molar-refractivity contribution in [3.63, 3.8) is 0 Å². The van der Waals surface area contributed by atoms with Gasteiger partial charge >= 0.3 is 6.09 Å². The minimum atomic E-state index is -0.462. The Labute approximate surface area is 136 Å². The zero-order valence-electron chi connectivity index (χ0n) is 13.3. The normalized spacial score (nSPS) is 18.5. The lowest BCUT2D eigenvalue weighted by atomic mass is 10.2. The number of likely N-dealkylation sites (tertiary alicyclic amines) is 1. The zero-order valence-corrected chi connectivity index (χ0v) is 14.1. The molecule has 122 valence electrons. The third kappa shape index (κ3) is 5.10. The van der Waals surface area contributed by atoms with Gasteiger partial charge in [0.2, 0.25) is 0 Å². The Balaban J connectivity index is 1.81. The van der Waals surface area contributed by atoms with Crippen LogP contribution in [0.2, 0.25) is 5.15 Å². The van der Waals surface area contributed by atoms with Gasteiger partial charge in [0, 0.05) is 25.7 Å². The first-order valence-corrected chi connectivity index (χ1v) is 7.91. The molecule has 1 saturated heterocycles. The summed E-state index contributed by atoms with van der Waals surface area (Å²) in [6, 6.07) is 3.71. The van der Waals surface area contributed by atoms with Crippen LogP contribution in [0.3, 0.4) is 0 Å². The first kappa shape index (κ1) is 17.0. The van der Waals surface area contributed by atoms with E-state index in [4.69, 9.17) is 16.3 Å².